The van der Waals surface area contributed by atoms with E-state index < -0.39 is 0 Å². The summed E-state index contributed by atoms with van der Waals surface area (Å²) in [6, 6.07) is 1.95. The number of aromatic amines is 1. The minimum Gasteiger partial charge on any atom is -0.343 e. The van der Waals surface area contributed by atoms with Gasteiger partial charge in [-0.1, -0.05) is 11.8 Å². The van der Waals surface area contributed by atoms with Gasteiger partial charge < -0.3 is 4.98 Å². The monoisotopic (exact) mass is 203 g/mol. The van der Waals surface area contributed by atoms with Gasteiger partial charge in [0.15, 0.2) is 5.65 Å². The molecule has 4 heteroatoms. The average molecular weight is 203 g/mol. The Hall–Kier alpha value is -1.47. The molecule has 0 aliphatic rings. The van der Waals surface area contributed by atoms with Crippen molar-refractivity contribution >= 4 is 23.8 Å². The molecule has 0 saturated carbocycles. The molecule has 0 aliphatic carbocycles. The average Bonchev–Trinajstić information content (AvgIpc) is 2.65. The minimum absolute atomic E-state index is 0.727. The minimum atomic E-state index is 0.727. The number of nitrogens with zero attached hydrogens (tertiary/aromatic N) is 2. The van der Waals surface area contributed by atoms with Crippen LogP contribution in [0.5, 0.6) is 0 Å². The number of H-pyrrole nitrogens is 1. The number of pyridine rings is 1. The second kappa shape index (κ2) is 4.16. The van der Waals surface area contributed by atoms with Gasteiger partial charge >= 0.3 is 0 Å². The van der Waals surface area contributed by atoms with Crippen molar-refractivity contribution in [3.8, 4) is 11.8 Å². The largest absolute Gasteiger partial charge is 0.343 e. The van der Waals surface area contributed by atoms with Crippen LogP contribution in [0.2, 0.25) is 0 Å². The van der Waals surface area contributed by atoms with Gasteiger partial charge in [0.05, 0.1) is 11.8 Å². The lowest BCUT2D eigenvalue weighted by Crippen LogP contribution is -1.80. The number of nitrogens with one attached hydrogen (secondary N) is 1. The fourth-order valence-electron chi connectivity index (χ4n) is 1.12. The third-order valence-corrected chi connectivity index (χ3v) is 1.97. The smallest absolute Gasteiger partial charge is 0.177 e. The van der Waals surface area contributed by atoms with Gasteiger partial charge in [-0.25, -0.2) is 9.97 Å². The number of hydrogen-bond acceptors (Lipinski definition) is 3. The van der Waals surface area contributed by atoms with Crippen molar-refractivity contribution < 1.29 is 0 Å². The molecular formula is C10H9N3S. The Kier molecular flexibility index (Phi) is 2.70. The Morgan fingerprint density at radius 2 is 2.36 bits per heavy atom. The zero-order valence-corrected chi connectivity index (χ0v) is 8.38. The summed E-state index contributed by atoms with van der Waals surface area (Å²) in [6.45, 7) is 0. The molecule has 3 nitrogen and oxygen atoms in total. The van der Waals surface area contributed by atoms with Crippen molar-refractivity contribution in [3.63, 3.8) is 0 Å². The van der Waals surface area contributed by atoms with Crippen LogP contribution in [-0.2, 0) is 0 Å². The summed E-state index contributed by atoms with van der Waals surface area (Å²) in [4.78, 5) is 11.2. The fourth-order valence-corrected chi connectivity index (χ4v) is 1.23. The molecule has 0 spiro atoms. The standard InChI is InChI=1S/C10H9N3S/c14-4-2-1-3-8-5-9-10(11-6-8)13-7-12-9/h5-7,14H,2,4H2,(H,11,12,13). The highest BCUT2D eigenvalue weighted by Crippen LogP contribution is 2.06. The molecule has 2 rings (SSSR count). The maximum atomic E-state index is 4.16. The lowest BCUT2D eigenvalue weighted by molar-refractivity contribution is 1.29. The maximum Gasteiger partial charge on any atom is 0.177 e. The first-order valence-electron chi connectivity index (χ1n) is 4.29. The predicted molar refractivity (Wildman–Crippen MR) is 59.2 cm³/mol. The summed E-state index contributed by atoms with van der Waals surface area (Å²) in [5.74, 6) is 6.81. The van der Waals surface area contributed by atoms with Gasteiger partial charge in [-0.3, -0.25) is 0 Å². The Labute approximate surface area is 87.4 Å². The maximum absolute atomic E-state index is 4.16. The Morgan fingerprint density at radius 1 is 1.43 bits per heavy atom. The SMILES string of the molecule is SCCC#Cc1cnc2nc[nH]c2c1. The number of hydrogen-bond donors (Lipinski definition) is 2. The summed E-state index contributed by atoms with van der Waals surface area (Å²) < 4.78 is 0. The van der Waals surface area contributed by atoms with Crippen molar-refractivity contribution in [2.75, 3.05) is 5.75 Å². The number of thiol groups is 1. The number of fused-ring (bicyclic) bond motifs is 1. The highest BCUT2D eigenvalue weighted by atomic mass is 32.1. The van der Waals surface area contributed by atoms with E-state index in [1.54, 1.807) is 12.5 Å². The molecule has 70 valence electrons. The van der Waals surface area contributed by atoms with Crippen LogP contribution in [0.15, 0.2) is 18.6 Å². The van der Waals surface area contributed by atoms with Gasteiger partial charge in [-0.15, -0.1) is 0 Å². The summed E-state index contributed by atoms with van der Waals surface area (Å²) in [5.41, 5.74) is 2.55. The second-order valence-corrected chi connectivity index (χ2v) is 3.22. The molecule has 0 aliphatic heterocycles. The molecule has 2 heterocycles. The third-order valence-electron chi connectivity index (χ3n) is 1.74. The highest BCUT2D eigenvalue weighted by Gasteiger charge is 1.96. The van der Waals surface area contributed by atoms with E-state index in [1.165, 1.54) is 0 Å². The van der Waals surface area contributed by atoms with Crippen LogP contribution < -0.4 is 0 Å². The van der Waals surface area contributed by atoms with Crippen LogP contribution in [0, 0.1) is 11.8 Å². The molecule has 0 bridgehead atoms. The molecule has 2 aromatic heterocycles. The Morgan fingerprint density at radius 3 is 3.21 bits per heavy atom. The quantitative estimate of drug-likeness (QED) is 0.546. The highest BCUT2D eigenvalue weighted by molar-refractivity contribution is 7.80. The molecule has 0 fully saturated rings. The van der Waals surface area contributed by atoms with Crippen LogP contribution >= 0.6 is 12.6 Å². The van der Waals surface area contributed by atoms with Crippen LogP contribution in [0.3, 0.4) is 0 Å². The molecule has 2 aromatic rings. The van der Waals surface area contributed by atoms with Crippen LogP contribution in [-0.4, -0.2) is 20.7 Å². The van der Waals surface area contributed by atoms with E-state index in [0.29, 0.717) is 0 Å². The number of aromatic nitrogens is 3. The van der Waals surface area contributed by atoms with Crippen LogP contribution in [0.25, 0.3) is 11.2 Å². The molecule has 0 unspecified atom stereocenters. The van der Waals surface area contributed by atoms with Gasteiger partial charge in [-0.05, 0) is 6.07 Å². The summed E-state index contributed by atoms with van der Waals surface area (Å²) in [6.07, 6.45) is 4.15. The number of imidazole rings is 1. The van der Waals surface area contributed by atoms with Crippen molar-refractivity contribution in [1.82, 2.24) is 15.0 Å². The molecule has 0 radical (unpaired) electrons. The van der Waals surface area contributed by atoms with Gasteiger partial charge in [0, 0.05) is 23.9 Å². The molecule has 0 saturated heterocycles. The first-order valence-corrected chi connectivity index (χ1v) is 4.92. The molecular weight excluding hydrogens is 194 g/mol. The fraction of sp³-hybridized carbons (Fsp3) is 0.200. The Balaban J connectivity index is 2.31. The van der Waals surface area contributed by atoms with Gasteiger partial charge in [0.2, 0.25) is 0 Å². The van der Waals surface area contributed by atoms with Crippen molar-refractivity contribution in [3.05, 3.63) is 24.2 Å². The Bertz CT molecular complexity index is 493. The molecule has 14 heavy (non-hydrogen) atoms. The van der Waals surface area contributed by atoms with Gasteiger partial charge in [0.25, 0.3) is 0 Å². The van der Waals surface area contributed by atoms with Crippen LogP contribution in [0.4, 0.5) is 0 Å². The third kappa shape index (κ3) is 1.88. The van der Waals surface area contributed by atoms with Crippen LogP contribution in [0.1, 0.15) is 12.0 Å². The zero-order chi connectivity index (χ0) is 9.80. The zero-order valence-electron chi connectivity index (χ0n) is 7.49. The van der Waals surface area contributed by atoms with Gasteiger partial charge in [0.1, 0.15) is 0 Å². The lowest BCUT2D eigenvalue weighted by Gasteiger charge is -1.89. The predicted octanol–water partition coefficient (Wildman–Crippen LogP) is 1.63. The molecule has 0 amide bonds. The van der Waals surface area contributed by atoms with Gasteiger partial charge in [-0.2, -0.15) is 12.6 Å². The molecule has 0 atom stereocenters. The number of rotatable bonds is 1. The normalized spacial score (nSPS) is 9.79. The summed E-state index contributed by atoms with van der Waals surface area (Å²) in [5, 5.41) is 0. The van der Waals surface area contributed by atoms with Crippen molar-refractivity contribution in [1.29, 1.82) is 0 Å². The molecule has 0 aromatic carbocycles. The first kappa shape index (κ1) is 9.10. The van der Waals surface area contributed by atoms with E-state index in [2.05, 4.69) is 39.4 Å². The van der Waals surface area contributed by atoms with E-state index >= 15 is 0 Å². The van der Waals surface area contributed by atoms with Crippen molar-refractivity contribution in [2.45, 2.75) is 6.42 Å². The second-order valence-electron chi connectivity index (χ2n) is 2.77. The van der Waals surface area contributed by atoms with E-state index in [4.69, 9.17) is 0 Å². The van der Waals surface area contributed by atoms with E-state index in [9.17, 15) is 0 Å². The topological polar surface area (TPSA) is 41.6 Å². The van der Waals surface area contributed by atoms with E-state index in [0.717, 1.165) is 28.9 Å². The molecule has 1 N–H and O–H groups in total. The van der Waals surface area contributed by atoms with Crippen molar-refractivity contribution in [2.24, 2.45) is 0 Å². The van der Waals surface area contributed by atoms with E-state index in [1.807, 2.05) is 6.07 Å². The summed E-state index contributed by atoms with van der Waals surface area (Å²) >= 11 is 4.08. The van der Waals surface area contributed by atoms with E-state index in [-0.39, 0.29) is 0 Å². The summed E-state index contributed by atoms with van der Waals surface area (Å²) in [7, 11) is 0. The lowest BCUT2D eigenvalue weighted by atomic mass is 10.2. The first-order chi connectivity index (χ1) is 6.90.